The maximum absolute atomic E-state index is 11.2. The molecule has 0 unspecified atom stereocenters. The minimum absolute atomic E-state index is 0.177. The van der Waals surface area contributed by atoms with Gasteiger partial charge in [-0.05, 0) is 38.0 Å². The van der Waals surface area contributed by atoms with E-state index in [-0.39, 0.29) is 12.5 Å². The number of nitrogens with two attached hydrogens (primary N) is 2. The van der Waals surface area contributed by atoms with Gasteiger partial charge in [0.25, 0.3) is 0 Å². The molecule has 0 aliphatic carbocycles. The van der Waals surface area contributed by atoms with Crippen LogP contribution < -0.4 is 11.5 Å². The van der Waals surface area contributed by atoms with E-state index in [1.165, 1.54) is 0 Å². The van der Waals surface area contributed by atoms with Crippen molar-refractivity contribution in [3.05, 3.63) is 29.8 Å². The summed E-state index contributed by atoms with van der Waals surface area (Å²) in [5.74, 6) is -0.372. The molecule has 0 radical (unpaired) electrons. The number of carbonyl (C=O) groups excluding carboxylic acids is 1. The van der Waals surface area contributed by atoms with Gasteiger partial charge in [0.05, 0.1) is 18.0 Å². The van der Waals surface area contributed by atoms with Crippen molar-refractivity contribution < 1.29 is 4.79 Å². The highest BCUT2D eigenvalue weighted by molar-refractivity contribution is 5.75. The Balaban J connectivity index is 2.70. The lowest BCUT2D eigenvalue weighted by Crippen LogP contribution is -2.35. The van der Waals surface area contributed by atoms with Crippen molar-refractivity contribution in [1.29, 1.82) is 5.26 Å². The van der Waals surface area contributed by atoms with E-state index in [1.807, 2.05) is 43.0 Å². The van der Waals surface area contributed by atoms with Crippen LogP contribution in [0.25, 0.3) is 0 Å². The van der Waals surface area contributed by atoms with Crippen molar-refractivity contribution in [3.63, 3.8) is 0 Å². The first-order valence-corrected chi connectivity index (χ1v) is 6.59. The standard InChI is InChI=1S/C15H22N4O/c1-15(2,11-16)6-7-19(10-14(18)20)9-12-4-3-5-13(17)8-12/h3-5,8H,6-7,9-10,17H2,1-2H3,(H2,18,20). The van der Waals surface area contributed by atoms with Gasteiger partial charge < -0.3 is 11.5 Å². The largest absolute Gasteiger partial charge is 0.399 e. The molecule has 5 nitrogen and oxygen atoms in total. The number of carbonyl (C=O) groups is 1. The molecule has 0 aliphatic rings. The quantitative estimate of drug-likeness (QED) is 0.736. The third-order valence-electron chi connectivity index (χ3n) is 3.09. The van der Waals surface area contributed by atoms with Gasteiger partial charge in [0.1, 0.15) is 0 Å². The van der Waals surface area contributed by atoms with Crippen LogP contribution in [0, 0.1) is 16.7 Å². The van der Waals surface area contributed by atoms with Gasteiger partial charge in [-0.2, -0.15) is 5.26 Å². The van der Waals surface area contributed by atoms with E-state index in [0.29, 0.717) is 25.2 Å². The Morgan fingerprint density at radius 1 is 1.45 bits per heavy atom. The number of nitrogen functional groups attached to an aromatic ring is 1. The minimum Gasteiger partial charge on any atom is -0.399 e. The van der Waals surface area contributed by atoms with Crippen LogP contribution in [0.1, 0.15) is 25.8 Å². The lowest BCUT2D eigenvalue weighted by molar-refractivity contribution is -0.119. The summed E-state index contributed by atoms with van der Waals surface area (Å²) < 4.78 is 0. The fourth-order valence-electron chi connectivity index (χ4n) is 1.88. The van der Waals surface area contributed by atoms with E-state index in [9.17, 15) is 4.79 Å². The fraction of sp³-hybridized carbons (Fsp3) is 0.467. The molecule has 108 valence electrons. The van der Waals surface area contributed by atoms with Crippen molar-refractivity contribution in [1.82, 2.24) is 4.90 Å². The van der Waals surface area contributed by atoms with E-state index >= 15 is 0 Å². The zero-order valence-electron chi connectivity index (χ0n) is 12.1. The zero-order valence-corrected chi connectivity index (χ0v) is 12.1. The predicted octanol–water partition coefficient (Wildman–Crippen LogP) is 1.50. The Kier molecular flexibility index (Phi) is 5.53. The molecule has 0 aromatic heterocycles. The van der Waals surface area contributed by atoms with Crippen LogP contribution in [0.3, 0.4) is 0 Å². The second-order valence-corrected chi connectivity index (χ2v) is 5.67. The summed E-state index contributed by atoms with van der Waals surface area (Å²) in [6, 6.07) is 9.80. The molecular weight excluding hydrogens is 252 g/mol. The van der Waals surface area contributed by atoms with Gasteiger partial charge in [-0.1, -0.05) is 12.1 Å². The smallest absolute Gasteiger partial charge is 0.231 e. The highest BCUT2D eigenvalue weighted by Crippen LogP contribution is 2.19. The first-order valence-electron chi connectivity index (χ1n) is 6.59. The van der Waals surface area contributed by atoms with Crippen molar-refractivity contribution in [2.24, 2.45) is 11.1 Å². The van der Waals surface area contributed by atoms with Crippen LogP contribution in [-0.4, -0.2) is 23.9 Å². The van der Waals surface area contributed by atoms with Crippen LogP contribution in [0.4, 0.5) is 5.69 Å². The number of nitriles is 1. The molecule has 1 rings (SSSR count). The van der Waals surface area contributed by atoms with E-state index in [1.54, 1.807) is 0 Å². The Labute approximate surface area is 120 Å². The van der Waals surface area contributed by atoms with Gasteiger partial charge in [-0.3, -0.25) is 9.69 Å². The Morgan fingerprint density at radius 3 is 2.70 bits per heavy atom. The molecule has 4 N–H and O–H groups in total. The number of anilines is 1. The SMILES string of the molecule is CC(C)(C#N)CCN(CC(N)=O)Cc1cccc(N)c1. The number of benzene rings is 1. The summed E-state index contributed by atoms with van der Waals surface area (Å²) in [4.78, 5) is 13.1. The normalized spacial score (nSPS) is 11.3. The third kappa shape index (κ3) is 5.72. The summed E-state index contributed by atoms with van der Waals surface area (Å²) >= 11 is 0. The Bertz CT molecular complexity index is 505. The number of amides is 1. The van der Waals surface area contributed by atoms with Crippen LogP contribution in [0.15, 0.2) is 24.3 Å². The highest BCUT2D eigenvalue weighted by Gasteiger charge is 2.19. The van der Waals surface area contributed by atoms with Crippen molar-refractivity contribution >= 4 is 11.6 Å². The highest BCUT2D eigenvalue weighted by atomic mass is 16.1. The van der Waals surface area contributed by atoms with Crippen LogP contribution >= 0.6 is 0 Å². The van der Waals surface area contributed by atoms with Crippen LogP contribution in [-0.2, 0) is 11.3 Å². The fourth-order valence-corrected chi connectivity index (χ4v) is 1.88. The summed E-state index contributed by atoms with van der Waals surface area (Å²) in [5.41, 5.74) is 12.3. The lowest BCUT2D eigenvalue weighted by Gasteiger charge is -2.24. The molecule has 20 heavy (non-hydrogen) atoms. The number of hydrogen-bond donors (Lipinski definition) is 2. The van der Waals surface area contributed by atoms with Crippen molar-refractivity contribution in [3.8, 4) is 6.07 Å². The Morgan fingerprint density at radius 2 is 2.15 bits per heavy atom. The topological polar surface area (TPSA) is 96.1 Å². The minimum atomic E-state index is -0.411. The number of primary amides is 1. The summed E-state index contributed by atoms with van der Waals surface area (Å²) in [6.45, 7) is 5.18. The van der Waals surface area contributed by atoms with Gasteiger partial charge in [-0.25, -0.2) is 0 Å². The molecule has 0 atom stereocenters. The number of hydrogen-bond acceptors (Lipinski definition) is 4. The zero-order chi connectivity index (χ0) is 15.2. The average molecular weight is 274 g/mol. The maximum Gasteiger partial charge on any atom is 0.231 e. The summed E-state index contributed by atoms with van der Waals surface area (Å²) in [7, 11) is 0. The predicted molar refractivity (Wildman–Crippen MR) is 79.3 cm³/mol. The number of nitrogens with zero attached hydrogens (tertiary/aromatic N) is 2. The molecule has 0 fully saturated rings. The first-order chi connectivity index (χ1) is 9.32. The van der Waals surface area contributed by atoms with Gasteiger partial charge in [-0.15, -0.1) is 0 Å². The third-order valence-corrected chi connectivity index (χ3v) is 3.09. The first kappa shape index (κ1) is 16.0. The molecule has 5 heteroatoms. The molecular formula is C15H22N4O. The van der Waals surface area contributed by atoms with Gasteiger partial charge >= 0.3 is 0 Å². The van der Waals surface area contributed by atoms with Gasteiger partial charge in [0.2, 0.25) is 5.91 Å². The van der Waals surface area contributed by atoms with Crippen LogP contribution in [0.2, 0.25) is 0 Å². The lowest BCUT2D eigenvalue weighted by atomic mass is 9.91. The molecule has 0 heterocycles. The molecule has 0 bridgehead atoms. The maximum atomic E-state index is 11.2. The number of rotatable bonds is 7. The van der Waals surface area contributed by atoms with Crippen LogP contribution in [0.5, 0.6) is 0 Å². The second-order valence-electron chi connectivity index (χ2n) is 5.67. The Hall–Kier alpha value is -2.06. The van der Waals surface area contributed by atoms with E-state index in [2.05, 4.69) is 6.07 Å². The van der Waals surface area contributed by atoms with E-state index in [4.69, 9.17) is 16.7 Å². The van der Waals surface area contributed by atoms with Crippen molar-refractivity contribution in [2.45, 2.75) is 26.8 Å². The van der Waals surface area contributed by atoms with Gasteiger partial charge in [0, 0.05) is 18.8 Å². The second kappa shape index (κ2) is 6.92. The molecule has 1 aromatic rings. The van der Waals surface area contributed by atoms with Gasteiger partial charge in [0.15, 0.2) is 0 Å². The average Bonchev–Trinajstić information content (AvgIpc) is 2.35. The molecule has 0 saturated carbocycles. The van der Waals surface area contributed by atoms with E-state index < -0.39 is 5.41 Å². The molecule has 0 aliphatic heterocycles. The van der Waals surface area contributed by atoms with Crippen molar-refractivity contribution in [2.75, 3.05) is 18.8 Å². The monoisotopic (exact) mass is 274 g/mol. The summed E-state index contributed by atoms with van der Waals surface area (Å²) in [6.07, 6.45) is 0.680. The molecule has 1 amide bonds. The molecule has 1 aromatic carbocycles. The molecule has 0 spiro atoms. The van der Waals surface area contributed by atoms with E-state index in [0.717, 1.165) is 5.56 Å². The molecule has 0 saturated heterocycles. The summed E-state index contributed by atoms with van der Waals surface area (Å²) in [5, 5.41) is 9.04.